The van der Waals surface area contributed by atoms with Crippen molar-refractivity contribution in [3.05, 3.63) is 81.7 Å². The van der Waals surface area contributed by atoms with Crippen molar-refractivity contribution in [2.24, 2.45) is 0 Å². The van der Waals surface area contributed by atoms with Crippen LogP contribution >= 0.6 is 0 Å². The van der Waals surface area contributed by atoms with E-state index in [0.717, 1.165) is 17.0 Å². The number of nitro benzene ring substituents is 1. The third kappa shape index (κ3) is 5.12. The number of hydrogen-bond acceptors (Lipinski definition) is 8. The predicted octanol–water partition coefficient (Wildman–Crippen LogP) is 4.78. The van der Waals surface area contributed by atoms with Crippen LogP contribution in [0.1, 0.15) is 17.0 Å². The Morgan fingerprint density at radius 3 is 2.00 bits per heavy atom. The molecular formula is C25H28N4O6. The van der Waals surface area contributed by atoms with Crippen LogP contribution in [0.3, 0.4) is 0 Å². The standard InChI is InChI=1S/C25H25N3O6.H3N/c1-31-19-8-5-16(23(13-19)33-3)11-25-26-21-10-7-18(28(29)30)12-22(21)27(25)15-17-6-9-20(32-2)14-24(17)34-4;/h5-10,12-14H,11,15H2,1-4H3;1H3. The van der Waals surface area contributed by atoms with Gasteiger partial charge in [-0.3, -0.25) is 10.1 Å². The van der Waals surface area contributed by atoms with Gasteiger partial charge < -0.3 is 29.7 Å². The smallest absolute Gasteiger partial charge is 0.271 e. The summed E-state index contributed by atoms with van der Waals surface area (Å²) in [5.74, 6) is 3.42. The van der Waals surface area contributed by atoms with E-state index in [4.69, 9.17) is 23.9 Å². The van der Waals surface area contributed by atoms with Gasteiger partial charge in [0.15, 0.2) is 0 Å². The minimum absolute atomic E-state index is 0. The first-order valence-electron chi connectivity index (χ1n) is 10.5. The van der Waals surface area contributed by atoms with Crippen molar-refractivity contribution in [3.63, 3.8) is 0 Å². The molecule has 0 aliphatic carbocycles. The van der Waals surface area contributed by atoms with E-state index in [9.17, 15) is 10.1 Å². The molecule has 0 radical (unpaired) electrons. The lowest BCUT2D eigenvalue weighted by molar-refractivity contribution is -0.384. The summed E-state index contributed by atoms with van der Waals surface area (Å²) in [6.45, 7) is 0.401. The molecule has 184 valence electrons. The Morgan fingerprint density at radius 2 is 1.43 bits per heavy atom. The maximum atomic E-state index is 11.4. The van der Waals surface area contributed by atoms with Crippen LogP contribution in [0.5, 0.6) is 23.0 Å². The van der Waals surface area contributed by atoms with E-state index in [2.05, 4.69) is 0 Å². The molecule has 10 nitrogen and oxygen atoms in total. The van der Waals surface area contributed by atoms with Crippen LogP contribution in [0, 0.1) is 10.1 Å². The van der Waals surface area contributed by atoms with E-state index in [1.807, 2.05) is 41.0 Å². The van der Waals surface area contributed by atoms with Gasteiger partial charge >= 0.3 is 0 Å². The summed E-state index contributed by atoms with van der Waals surface area (Å²) in [5.41, 5.74) is 3.13. The first-order valence-corrected chi connectivity index (χ1v) is 10.5. The van der Waals surface area contributed by atoms with Crippen molar-refractivity contribution in [2.75, 3.05) is 28.4 Å². The van der Waals surface area contributed by atoms with Crippen LogP contribution < -0.4 is 25.1 Å². The molecule has 4 rings (SSSR count). The van der Waals surface area contributed by atoms with E-state index < -0.39 is 4.92 Å². The molecule has 3 N–H and O–H groups in total. The highest BCUT2D eigenvalue weighted by Gasteiger charge is 2.18. The van der Waals surface area contributed by atoms with E-state index in [1.165, 1.54) is 6.07 Å². The van der Waals surface area contributed by atoms with Crippen LogP contribution in [0.4, 0.5) is 5.69 Å². The lowest BCUT2D eigenvalue weighted by atomic mass is 10.1. The fourth-order valence-electron chi connectivity index (χ4n) is 3.91. The van der Waals surface area contributed by atoms with Crippen LogP contribution in [-0.2, 0) is 13.0 Å². The first-order chi connectivity index (χ1) is 16.5. The van der Waals surface area contributed by atoms with Crippen LogP contribution in [-0.4, -0.2) is 42.9 Å². The van der Waals surface area contributed by atoms with Gasteiger partial charge in [-0.15, -0.1) is 0 Å². The third-order valence-electron chi connectivity index (χ3n) is 5.69. The Bertz CT molecular complexity index is 1350. The summed E-state index contributed by atoms with van der Waals surface area (Å²) in [6, 6.07) is 15.9. The van der Waals surface area contributed by atoms with Crippen molar-refractivity contribution in [1.82, 2.24) is 15.7 Å². The Balaban J connectivity index is 0.00000342. The average Bonchev–Trinajstić information content (AvgIpc) is 3.20. The Hall–Kier alpha value is -4.31. The molecule has 4 aromatic rings. The van der Waals surface area contributed by atoms with Crippen LogP contribution in [0.15, 0.2) is 54.6 Å². The molecule has 0 atom stereocenters. The van der Waals surface area contributed by atoms with Crippen LogP contribution in [0.25, 0.3) is 11.0 Å². The highest BCUT2D eigenvalue weighted by molar-refractivity contribution is 5.79. The zero-order valence-corrected chi connectivity index (χ0v) is 20.1. The Labute approximate surface area is 202 Å². The maximum absolute atomic E-state index is 11.4. The molecule has 0 saturated heterocycles. The minimum atomic E-state index is -0.406. The number of nitro groups is 1. The second kappa shape index (κ2) is 10.7. The number of non-ortho nitro benzene ring substituents is 1. The topological polar surface area (TPSA) is 133 Å². The van der Waals surface area contributed by atoms with Gasteiger partial charge in [0.25, 0.3) is 5.69 Å². The molecular weight excluding hydrogens is 452 g/mol. The lowest BCUT2D eigenvalue weighted by Crippen LogP contribution is -2.08. The van der Waals surface area contributed by atoms with E-state index >= 15 is 0 Å². The normalized spacial score (nSPS) is 10.5. The maximum Gasteiger partial charge on any atom is 0.271 e. The molecule has 0 saturated carbocycles. The summed E-state index contributed by atoms with van der Waals surface area (Å²) in [6.07, 6.45) is 0.452. The molecule has 0 aliphatic heterocycles. The first kappa shape index (κ1) is 25.3. The van der Waals surface area contributed by atoms with E-state index in [-0.39, 0.29) is 11.8 Å². The van der Waals surface area contributed by atoms with Crippen molar-refractivity contribution in [2.45, 2.75) is 13.0 Å². The molecule has 3 aromatic carbocycles. The molecule has 35 heavy (non-hydrogen) atoms. The summed E-state index contributed by atoms with van der Waals surface area (Å²) in [5, 5.41) is 11.4. The number of benzene rings is 3. The van der Waals surface area contributed by atoms with Gasteiger partial charge in [-0.1, -0.05) is 6.07 Å². The second-order valence-electron chi connectivity index (χ2n) is 7.58. The van der Waals surface area contributed by atoms with Gasteiger partial charge in [0.05, 0.1) is 50.9 Å². The van der Waals surface area contributed by atoms with Gasteiger partial charge in [0, 0.05) is 41.8 Å². The van der Waals surface area contributed by atoms with Gasteiger partial charge in [-0.25, -0.2) is 4.98 Å². The Kier molecular flexibility index (Phi) is 7.77. The number of aromatic nitrogens is 2. The molecule has 1 aromatic heterocycles. The van der Waals surface area contributed by atoms with Crippen molar-refractivity contribution >= 4 is 16.7 Å². The largest absolute Gasteiger partial charge is 0.497 e. The number of methoxy groups -OCH3 is 4. The molecule has 0 bridgehead atoms. The van der Waals surface area contributed by atoms with Crippen LogP contribution in [0.2, 0.25) is 0 Å². The quantitative estimate of drug-likeness (QED) is 0.267. The summed E-state index contributed by atoms with van der Waals surface area (Å²) in [4.78, 5) is 15.8. The third-order valence-corrected chi connectivity index (χ3v) is 5.69. The molecule has 0 aliphatic rings. The number of nitrogens with zero attached hydrogens (tertiary/aromatic N) is 3. The van der Waals surface area contributed by atoms with Gasteiger partial charge in [0.1, 0.15) is 28.8 Å². The fourth-order valence-corrected chi connectivity index (χ4v) is 3.91. The highest BCUT2D eigenvalue weighted by Crippen LogP contribution is 2.31. The number of fused-ring (bicyclic) bond motifs is 1. The lowest BCUT2D eigenvalue weighted by Gasteiger charge is -2.15. The predicted molar refractivity (Wildman–Crippen MR) is 132 cm³/mol. The molecule has 0 spiro atoms. The van der Waals surface area contributed by atoms with Crippen molar-refractivity contribution < 1.29 is 23.9 Å². The molecule has 0 amide bonds. The molecule has 1 heterocycles. The van der Waals surface area contributed by atoms with Gasteiger partial charge in [0.2, 0.25) is 0 Å². The van der Waals surface area contributed by atoms with Crippen molar-refractivity contribution in [1.29, 1.82) is 0 Å². The zero-order valence-electron chi connectivity index (χ0n) is 20.1. The fraction of sp³-hybridized carbons (Fsp3) is 0.240. The monoisotopic (exact) mass is 480 g/mol. The number of imidazole rings is 1. The van der Waals surface area contributed by atoms with E-state index in [1.54, 1.807) is 40.6 Å². The summed E-state index contributed by atoms with van der Waals surface area (Å²) in [7, 11) is 6.39. The summed E-state index contributed by atoms with van der Waals surface area (Å²) >= 11 is 0. The number of rotatable bonds is 9. The molecule has 0 fully saturated rings. The number of ether oxygens (including phenoxy) is 4. The van der Waals surface area contributed by atoms with Gasteiger partial charge in [-0.2, -0.15) is 0 Å². The Morgan fingerprint density at radius 1 is 0.829 bits per heavy atom. The zero-order chi connectivity index (χ0) is 24.2. The summed E-state index contributed by atoms with van der Waals surface area (Å²) < 4.78 is 23.7. The van der Waals surface area contributed by atoms with E-state index in [0.29, 0.717) is 47.0 Å². The highest BCUT2D eigenvalue weighted by atomic mass is 16.6. The minimum Gasteiger partial charge on any atom is -0.497 e. The van der Waals surface area contributed by atoms with Gasteiger partial charge in [-0.05, 0) is 24.3 Å². The molecule has 10 heteroatoms. The molecule has 0 unspecified atom stereocenters. The second-order valence-corrected chi connectivity index (χ2v) is 7.58. The van der Waals surface area contributed by atoms with Crippen molar-refractivity contribution in [3.8, 4) is 23.0 Å². The SMILES string of the molecule is COc1ccc(Cc2nc3ccc([N+](=O)[O-])cc3n2Cc2ccc(OC)cc2OC)c(OC)c1.N. The number of hydrogen-bond donors (Lipinski definition) is 1. The average molecular weight is 481 g/mol.